The molecule has 0 spiro atoms. The predicted molar refractivity (Wildman–Crippen MR) is 70.4 cm³/mol. The summed E-state index contributed by atoms with van der Waals surface area (Å²) < 4.78 is 5.05. The summed E-state index contributed by atoms with van der Waals surface area (Å²) in [5, 5.41) is 12.2. The van der Waals surface area contributed by atoms with E-state index in [2.05, 4.69) is 5.32 Å². The molecule has 18 heavy (non-hydrogen) atoms. The van der Waals surface area contributed by atoms with Crippen molar-refractivity contribution in [1.82, 2.24) is 0 Å². The van der Waals surface area contributed by atoms with Gasteiger partial charge in [0.1, 0.15) is 4.88 Å². The molecule has 0 saturated heterocycles. The van der Waals surface area contributed by atoms with E-state index < -0.39 is 5.97 Å². The summed E-state index contributed by atoms with van der Waals surface area (Å²) in [6, 6.07) is 1.67. The van der Waals surface area contributed by atoms with Crippen LogP contribution in [0.2, 0.25) is 0 Å². The Morgan fingerprint density at radius 1 is 1.56 bits per heavy atom. The van der Waals surface area contributed by atoms with Gasteiger partial charge in [-0.15, -0.1) is 11.3 Å². The molecule has 0 bridgehead atoms. The van der Waals surface area contributed by atoms with Crippen molar-refractivity contribution < 1.29 is 19.4 Å². The maximum absolute atomic E-state index is 11.6. The number of thiophene rings is 1. The van der Waals surface area contributed by atoms with E-state index in [1.54, 1.807) is 20.1 Å². The topological polar surface area (TPSA) is 75.6 Å². The lowest BCUT2D eigenvalue weighted by atomic mass is 10.2. The van der Waals surface area contributed by atoms with Crippen LogP contribution in [0.5, 0.6) is 0 Å². The Balaban J connectivity index is 2.54. The van der Waals surface area contributed by atoms with Crippen LogP contribution in [-0.4, -0.2) is 30.2 Å². The van der Waals surface area contributed by atoms with Gasteiger partial charge < -0.3 is 15.2 Å². The quantitative estimate of drug-likeness (QED) is 0.833. The maximum atomic E-state index is 11.6. The second-order valence-corrected chi connectivity index (χ2v) is 5.11. The largest absolute Gasteiger partial charge is 0.477 e. The fraction of sp³-hybridized carbons (Fsp3) is 0.500. The molecule has 1 rings (SSSR count). The fourth-order valence-corrected chi connectivity index (χ4v) is 2.34. The Morgan fingerprint density at radius 3 is 2.72 bits per heavy atom. The Bertz CT molecular complexity index is 441. The van der Waals surface area contributed by atoms with Crippen molar-refractivity contribution in [1.29, 1.82) is 0 Å². The van der Waals surface area contributed by atoms with Gasteiger partial charge in [-0.1, -0.05) is 0 Å². The molecule has 0 aromatic carbocycles. The molecule has 2 N–H and O–H groups in total. The van der Waals surface area contributed by atoms with Gasteiger partial charge in [0.05, 0.1) is 11.1 Å². The first-order valence-electron chi connectivity index (χ1n) is 5.60. The smallest absolute Gasteiger partial charge is 0.346 e. The molecule has 1 aromatic heterocycles. The molecule has 1 aromatic rings. The summed E-state index contributed by atoms with van der Waals surface area (Å²) >= 11 is 1.07. The third-order valence-electron chi connectivity index (χ3n) is 2.55. The second-order valence-electron chi connectivity index (χ2n) is 4.06. The van der Waals surface area contributed by atoms with Crippen LogP contribution < -0.4 is 5.32 Å². The van der Waals surface area contributed by atoms with Crippen LogP contribution in [0.1, 0.15) is 35.0 Å². The number of carbonyl (C=O) groups excluding carboxylic acids is 1. The molecular formula is C12H17NO4S. The van der Waals surface area contributed by atoms with Crippen LogP contribution in [0.3, 0.4) is 0 Å². The van der Waals surface area contributed by atoms with Crippen LogP contribution in [-0.2, 0) is 9.53 Å². The zero-order valence-corrected chi connectivity index (χ0v) is 11.5. The number of rotatable bonds is 6. The molecule has 6 heteroatoms. The number of ether oxygens (including phenoxy) is 1. The number of aromatic carboxylic acids is 1. The lowest BCUT2D eigenvalue weighted by molar-refractivity contribution is -0.116. The summed E-state index contributed by atoms with van der Waals surface area (Å²) in [6.45, 7) is 3.60. The number of aryl methyl sites for hydroxylation is 1. The number of amides is 1. The minimum absolute atomic E-state index is 0.0374. The molecule has 5 nitrogen and oxygen atoms in total. The average Bonchev–Trinajstić information content (AvgIpc) is 2.67. The molecule has 0 aliphatic carbocycles. The minimum atomic E-state index is -0.967. The van der Waals surface area contributed by atoms with Crippen LogP contribution in [0, 0.1) is 6.92 Å². The molecule has 0 radical (unpaired) electrons. The third kappa shape index (κ3) is 4.12. The summed E-state index contributed by atoms with van der Waals surface area (Å²) in [4.78, 5) is 22.7. The summed E-state index contributed by atoms with van der Waals surface area (Å²) in [5.74, 6) is -1.09. The first kappa shape index (κ1) is 14.7. The molecule has 1 unspecified atom stereocenters. The summed E-state index contributed by atoms with van der Waals surface area (Å²) in [5.41, 5.74) is 0.660. The SMILES string of the molecule is COC(C)CCC(=O)Nc1cc(C)c(C(=O)O)s1. The molecule has 1 atom stereocenters. The number of carboxylic acid groups (broad SMARTS) is 1. The molecule has 1 heterocycles. The highest BCUT2D eigenvalue weighted by Crippen LogP contribution is 2.26. The third-order valence-corrected chi connectivity index (χ3v) is 3.70. The number of anilines is 1. The zero-order valence-electron chi connectivity index (χ0n) is 10.6. The van der Waals surface area contributed by atoms with Crippen molar-refractivity contribution in [2.75, 3.05) is 12.4 Å². The van der Waals surface area contributed by atoms with Crippen LogP contribution in [0.25, 0.3) is 0 Å². The van der Waals surface area contributed by atoms with Gasteiger partial charge >= 0.3 is 5.97 Å². The first-order valence-corrected chi connectivity index (χ1v) is 6.42. The van der Waals surface area contributed by atoms with Gasteiger partial charge in [-0.25, -0.2) is 4.79 Å². The van der Waals surface area contributed by atoms with E-state index in [1.807, 2.05) is 6.92 Å². The van der Waals surface area contributed by atoms with E-state index in [9.17, 15) is 9.59 Å². The van der Waals surface area contributed by atoms with Crippen molar-refractivity contribution in [3.05, 3.63) is 16.5 Å². The normalized spacial score (nSPS) is 12.2. The Kier molecular flexibility index (Phi) is 5.30. The van der Waals surface area contributed by atoms with Gasteiger partial charge in [-0.05, 0) is 31.9 Å². The van der Waals surface area contributed by atoms with E-state index in [1.165, 1.54) is 0 Å². The Morgan fingerprint density at radius 2 is 2.22 bits per heavy atom. The van der Waals surface area contributed by atoms with Crippen molar-refractivity contribution in [2.45, 2.75) is 32.8 Å². The van der Waals surface area contributed by atoms with E-state index in [-0.39, 0.29) is 16.9 Å². The number of carbonyl (C=O) groups is 2. The molecule has 1 amide bonds. The van der Waals surface area contributed by atoms with Crippen molar-refractivity contribution >= 4 is 28.2 Å². The standard InChI is InChI=1S/C12H17NO4S/c1-7-6-10(18-11(7)12(15)16)13-9(14)5-4-8(2)17-3/h6,8H,4-5H2,1-3H3,(H,13,14)(H,15,16). The lowest BCUT2D eigenvalue weighted by Gasteiger charge is -2.08. The molecule has 0 aliphatic rings. The highest BCUT2D eigenvalue weighted by atomic mass is 32.1. The highest BCUT2D eigenvalue weighted by molar-refractivity contribution is 7.18. The monoisotopic (exact) mass is 271 g/mol. The van der Waals surface area contributed by atoms with E-state index in [0.717, 1.165) is 11.3 Å². The number of hydrogen-bond donors (Lipinski definition) is 2. The molecule has 0 fully saturated rings. The number of methoxy groups -OCH3 is 1. The number of carboxylic acids is 1. The minimum Gasteiger partial charge on any atom is -0.477 e. The van der Waals surface area contributed by atoms with Crippen molar-refractivity contribution in [2.24, 2.45) is 0 Å². The van der Waals surface area contributed by atoms with Gasteiger partial charge in [0.2, 0.25) is 5.91 Å². The van der Waals surface area contributed by atoms with Crippen LogP contribution >= 0.6 is 11.3 Å². The van der Waals surface area contributed by atoms with Gasteiger partial charge in [0.25, 0.3) is 0 Å². The first-order chi connectivity index (χ1) is 8.43. The van der Waals surface area contributed by atoms with Crippen molar-refractivity contribution in [3.63, 3.8) is 0 Å². The lowest BCUT2D eigenvalue weighted by Crippen LogP contribution is -2.14. The predicted octanol–water partition coefficient (Wildman–Crippen LogP) is 2.51. The van der Waals surface area contributed by atoms with Crippen LogP contribution in [0.4, 0.5) is 5.00 Å². The Hall–Kier alpha value is -1.40. The molecular weight excluding hydrogens is 254 g/mol. The highest BCUT2D eigenvalue weighted by Gasteiger charge is 2.14. The number of hydrogen-bond acceptors (Lipinski definition) is 4. The van der Waals surface area contributed by atoms with E-state index in [4.69, 9.17) is 9.84 Å². The summed E-state index contributed by atoms with van der Waals surface area (Å²) in [7, 11) is 1.60. The molecule has 0 aliphatic heterocycles. The van der Waals surface area contributed by atoms with Gasteiger partial charge in [0.15, 0.2) is 0 Å². The second kappa shape index (κ2) is 6.51. The van der Waals surface area contributed by atoms with Gasteiger partial charge in [-0.3, -0.25) is 4.79 Å². The zero-order chi connectivity index (χ0) is 13.7. The van der Waals surface area contributed by atoms with Crippen molar-refractivity contribution in [3.8, 4) is 0 Å². The van der Waals surface area contributed by atoms with E-state index >= 15 is 0 Å². The average molecular weight is 271 g/mol. The Labute approximate surface area is 110 Å². The summed E-state index contributed by atoms with van der Waals surface area (Å²) in [6.07, 6.45) is 1.03. The fourth-order valence-electron chi connectivity index (χ4n) is 1.41. The van der Waals surface area contributed by atoms with E-state index in [0.29, 0.717) is 23.4 Å². The molecule has 100 valence electrons. The maximum Gasteiger partial charge on any atom is 0.346 e. The van der Waals surface area contributed by atoms with Gasteiger partial charge in [0, 0.05) is 13.5 Å². The van der Waals surface area contributed by atoms with Crippen LogP contribution in [0.15, 0.2) is 6.07 Å². The number of nitrogens with one attached hydrogen (secondary N) is 1. The molecule has 0 saturated carbocycles. The van der Waals surface area contributed by atoms with Gasteiger partial charge in [-0.2, -0.15) is 0 Å².